The number of carbonyl (C=O) groups is 1. The summed E-state index contributed by atoms with van der Waals surface area (Å²) in [5.41, 5.74) is 0.322. The lowest BCUT2D eigenvalue weighted by atomic mass is 10.2. The molecule has 1 aromatic carbocycles. The molecule has 6 heteroatoms. The van der Waals surface area contributed by atoms with Gasteiger partial charge in [-0.2, -0.15) is 0 Å². The second-order valence-corrected chi connectivity index (χ2v) is 3.44. The fraction of sp³-hybridized carbons (Fsp3) is 0.182. The number of ether oxygens (including phenoxy) is 2. The molecule has 0 amide bonds. The van der Waals surface area contributed by atoms with E-state index in [0.29, 0.717) is 10.9 Å². The monoisotopic (exact) mass is 257 g/mol. The predicted molar refractivity (Wildman–Crippen MR) is 61.0 cm³/mol. The van der Waals surface area contributed by atoms with Crippen LogP contribution in [0.15, 0.2) is 24.4 Å². The van der Waals surface area contributed by atoms with Crippen LogP contribution in [-0.4, -0.2) is 23.8 Å². The third-order valence-electron chi connectivity index (χ3n) is 2.34. The number of carbonyl (C=O) groups excluding carboxylic acids is 1. The smallest absolute Gasteiger partial charge is 0.419 e. The average molecular weight is 258 g/mol. The van der Waals surface area contributed by atoms with E-state index in [1.165, 1.54) is 19.4 Å². The van der Waals surface area contributed by atoms with Crippen LogP contribution in [0, 0.1) is 5.82 Å². The number of halogens is 2. The van der Waals surface area contributed by atoms with Crippen LogP contribution in [0.1, 0.15) is 0 Å². The van der Waals surface area contributed by atoms with Crippen molar-refractivity contribution in [3.8, 4) is 5.75 Å². The van der Waals surface area contributed by atoms with Crippen molar-refractivity contribution in [2.75, 3.05) is 13.2 Å². The Labute approximate surface area is 101 Å². The largest absolute Gasteiger partial charge is 0.492 e. The highest BCUT2D eigenvalue weighted by atomic mass is 35.5. The second kappa shape index (κ2) is 4.63. The lowest BCUT2D eigenvalue weighted by molar-refractivity contribution is 0.167. The molecule has 0 saturated heterocycles. The maximum absolute atomic E-state index is 13.5. The van der Waals surface area contributed by atoms with E-state index in [2.05, 4.69) is 4.74 Å². The highest BCUT2D eigenvalue weighted by Gasteiger charge is 2.16. The minimum absolute atomic E-state index is 0.000905. The van der Waals surface area contributed by atoms with Crippen LogP contribution < -0.4 is 4.74 Å². The van der Waals surface area contributed by atoms with E-state index in [4.69, 9.17) is 16.3 Å². The van der Waals surface area contributed by atoms with Crippen LogP contribution in [0.4, 0.5) is 9.18 Å². The zero-order valence-electron chi connectivity index (χ0n) is 8.94. The predicted octanol–water partition coefficient (Wildman–Crippen LogP) is 2.97. The van der Waals surface area contributed by atoms with Gasteiger partial charge in [-0.05, 0) is 18.2 Å². The standard InChI is InChI=1S/C11H9ClFNO3/c1-16-10-8(13)3-2-7-4-5-14(9(7)10)11(15)17-6-12/h2-5H,6H2,1H3. The third-order valence-corrected chi connectivity index (χ3v) is 2.45. The van der Waals surface area contributed by atoms with E-state index in [1.54, 1.807) is 12.1 Å². The molecule has 2 rings (SSSR count). The Hall–Kier alpha value is -1.75. The number of alkyl halides is 1. The zero-order valence-corrected chi connectivity index (χ0v) is 9.70. The van der Waals surface area contributed by atoms with E-state index >= 15 is 0 Å². The maximum Gasteiger partial charge on any atom is 0.419 e. The van der Waals surface area contributed by atoms with E-state index in [0.717, 1.165) is 4.57 Å². The van der Waals surface area contributed by atoms with Crippen LogP contribution in [0.5, 0.6) is 5.75 Å². The van der Waals surface area contributed by atoms with Gasteiger partial charge in [-0.15, -0.1) is 0 Å². The first-order chi connectivity index (χ1) is 8.19. The summed E-state index contributed by atoms with van der Waals surface area (Å²) in [6, 6.07) is 4.22. The molecular weight excluding hydrogens is 249 g/mol. The third kappa shape index (κ3) is 1.93. The Morgan fingerprint density at radius 3 is 2.88 bits per heavy atom. The Kier molecular flexibility index (Phi) is 3.19. The van der Waals surface area contributed by atoms with Crippen LogP contribution in [-0.2, 0) is 4.74 Å². The molecule has 0 spiro atoms. The molecule has 0 radical (unpaired) electrons. The molecule has 0 bridgehead atoms. The number of hydrogen-bond donors (Lipinski definition) is 0. The van der Waals surface area contributed by atoms with Crippen molar-refractivity contribution < 1.29 is 18.7 Å². The SMILES string of the molecule is COc1c(F)ccc2ccn(C(=O)OCCl)c12. The Morgan fingerprint density at radius 1 is 1.47 bits per heavy atom. The van der Waals surface area contributed by atoms with Gasteiger partial charge in [0.2, 0.25) is 0 Å². The first-order valence-electron chi connectivity index (χ1n) is 4.75. The summed E-state index contributed by atoms with van der Waals surface area (Å²) >= 11 is 5.31. The highest BCUT2D eigenvalue weighted by Crippen LogP contribution is 2.29. The van der Waals surface area contributed by atoms with E-state index in [-0.39, 0.29) is 11.8 Å². The molecule has 0 saturated carbocycles. The quantitative estimate of drug-likeness (QED) is 0.777. The number of aromatic nitrogens is 1. The first-order valence-corrected chi connectivity index (χ1v) is 5.29. The molecule has 0 atom stereocenters. The molecule has 1 heterocycles. The van der Waals surface area contributed by atoms with Crippen molar-refractivity contribution in [2.24, 2.45) is 0 Å². The van der Waals surface area contributed by atoms with Gasteiger partial charge in [0, 0.05) is 11.6 Å². The highest BCUT2D eigenvalue weighted by molar-refractivity contribution is 6.17. The summed E-state index contributed by atoms with van der Waals surface area (Å²) in [6.07, 6.45) is 0.792. The minimum Gasteiger partial charge on any atom is -0.492 e. The Bertz CT molecular complexity index is 567. The van der Waals surface area contributed by atoms with Crippen molar-refractivity contribution in [3.05, 3.63) is 30.2 Å². The molecule has 0 aliphatic carbocycles. The van der Waals surface area contributed by atoms with Crippen molar-refractivity contribution in [3.63, 3.8) is 0 Å². The van der Waals surface area contributed by atoms with Crippen molar-refractivity contribution in [2.45, 2.75) is 0 Å². The van der Waals surface area contributed by atoms with Crippen molar-refractivity contribution in [1.82, 2.24) is 4.57 Å². The van der Waals surface area contributed by atoms with Gasteiger partial charge < -0.3 is 9.47 Å². The van der Waals surface area contributed by atoms with Gasteiger partial charge in [0.05, 0.1) is 7.11 Å². The first kappa shape index (κ1) is 11.7. The summed E-state index contributed by atoms with van der Waals surface area (Å²) in [5, 5.41) is 0.676. The molecule has 0 N–H and O–H groups in total. The normalized spacial score (nSPS) is 10.5. The Balaban J connectivity index is 2.65. The fourth-order valence-electron chi connectivity index (χ4n) is 1.64. The minimum atomic E-state index is -0.682. The lowest BCUT2D eigenvalue weighted by Crippen LogP contribution is -2.12. The van der Waals surface area contributed by atoms with Crippen LogP contribution >= 0.6 is 11.6 Å². The van der Waals surface area contributed by atoms with Crippen molar-refractivity contribution >= 4 is 28.6 Å². The van der Waals surface area contributed by atoms with Gasteiger partial charge in [-0.1, -0.05) is 11.6 Å². The maximum atomic E-state index is 13.5. The van der Waals surface area contributed by atoms with Gasteiger partial charge in [0.25, 0.3) is 0 Å². The summed E-state index contributed by atoms with van der Waals surface area (Å²) in [6.45, 7) is 0. The molecule has 1 aromatic heterocycles. The number of hydrogen-bond acceptors (Lipinski definition) is 3. The molecule has 0 unspecified atom stereocenters. The van der Waals surface area contributed by atoms with E-state index in [9.17, 15) is 9.18 Å². The average Bonchev–Trinajstić information content (AvgIpc) is 2.73. The van der Waals surface area contributed by atoms with Gasteiger partial charge >= 0.3 is 6.09 Å². The number of rotatable bonds is 2. The molecule has 0 fully saturated rings. The van der Waals surface area contributed by atoms with Crippen LogP contribution in [0.2, 0.25) is 0 Å². The molecule has 2 aromatic rings. The topological polar surface area (TPSA) is 40.5 Å². The zero-order chi connectivity index (χ0) is 12.4. The Morgan fingerprint density at radius 2 is 2.24 bits per heavy atom. The summed E-state index contributed by atoms with van der Waals surface area (Å²) in [5.74, 6) is -0.544. The molecule has 0 aliphatic heterocycles. The molecule has 17 heavy (non-hydrogen) atoms. The number of nitrogens with zero attached hydrogens (tertiary/aromatic N) is 1. The van der Waals surface area contributed by atoms with Crippen molar-refractivity contribution in [1.29, 1.82) is 0 Å². The van der Waals surface area contributed by atoms with E-state index < -0.39 is 11.9 Å². The second-order valence-electron chi connectivity index (χ2n) is 3.22. The van der Waals surface area contributed by atoms with E-state index in [1.807, 2.05) is 0 Å². The molecular formula is C11H9ClFNO3. The number of benzene rings is 1. The van der Waals surface area contributed by atoms with Gasteiger partial charge in [-0.3, -0.25) is 0 Å². The number of fused-ring (bicyclic) bond motifs is 1. The summed E-state index contributed by atoms with van der Waals surface area (Å²) in [7, 11) is 1.34. The lowest BCUT2D eigenvalue weighted by Gasteiger charge is -2.08. The molecule has 90 valence electrons. The van der Waals surface area contributed by atoms with Crippen LogP contribution in [0.3, 0.4) is 0 Å². The molecule has 4 nitrogen and oxygen atoms in total. The fourth-order valence-corrected chi connectivity index (χ4v) is 1.73. The number of methoxy groups -OCH3 is 1. The van der Waals surface area contributed by atoms with Crippen LogP contribution in [0.25, 0.3) is 10.9 Å². The van der Waals surface area contributed by atoms with Gasteiger partial charge in [0.1, 0.15) is 5.52 Å². The summed E-state index contributed by atoms with van der Waals surface area (Å²) in [4.78, 5) is 11.6. The summed E-state index contributed by atoms with van der Waals surface area (Å²) < 4.78 is 24.3. The van der Waals surface area contributed by atoms with Gasteiger partial charge in [0.15, 0.2) is 17.6 Å². The molecule has 0 aliphatic rings. The van der Waals surface area contributed by atoms with Gasteiger partial charge in [-0.25, -0.2) is 13.8 Å².